The lowest BCUT2D eigenvalue weighted by atomic mass is 10.1. The van der Waals surface area contributed by atoms with E-state index in [4.69, 9.17) is 16.4 Å². The van der Waals surface area contributed by atoms with E-state index >= 15 is 0 Å². The third-order valence-electron chi connectivity index (χ3n) is 2.06. The Morgan fingerprint density at radius 2 is 1.89 bits per heavy atom. The molecular weight excluding hydrogens is 319 g/mol. The van der Waals surface area contributed by atoms with E-state index in [0.29, 0.717) is 0 Å². The molecule has 4 nitrogen and oxygen atoms in total. The molecule has 0 aliphatic rings. The van der Waals surface area contributed by atoms with Crippen LogP contribution in [0.1, 0.15) is 23.2 Å². The largest absolute Gasteiger partial charge is 0.419 e. The van der Waals surface area contributed by atoms with E-state index in [-0.39, 0.29) is 6.07 Å². The number of aromatic nitrogens is 1. The predicted molar refractivity (Wildman–Crippen MR) is 55.1 cm³/mol. The van der Waals surface area contributed by atoms with Gasteiger partial charge in [0.2, 0.25) is 0 Å². The zero-order valence-electron chi connectivity index (χ0n) is 8.88. The van der Waals surface area contributed by atoms with Crippen molar-refractivity contribution in [3.05, 3.63) is 22.9 Å². The highest BCUT2D eigenvalue weighted by atomic mass is 35.7. The van der Waals surface area contributed by atoms with Crippen LogP contribution in [-0.4, -0.2) is 13.4 Å². The first-order chi connectivity index (χ1) is 8.48. The molecule has 1 aromatic heterocycles. The Morgan fingerprint density at radius 1 is 1.37 bits per heavy atom. The molecule has 0 fully saturated rings. The van der Waals surface area contributed by atoms with Crippen molar-refractivity contribution in [2.24, 2.45) is 5.73 Å². The lowest BCUT2D eigenvalue weighted by Gasteiger charge is -2.14. The highest BCUT2D eigenvalue weighted by molar-refractivity contribution is 8.13. The summed E-state index contributed by atoms with van der Waals surface area (Å²) in [6.07, 6.45) is -8.40. The SMILES string of the molecule is NCc1cc(C(F)(F)F)c(S(=O)(=O)Cl)nc1C(F)F. The van der Waals surface area contributed by atoms with Gasteiger partial charge >= 0.3 is 6.18 Å². The molecule has 0 aliphatic carbocycles. The van der Waals surface area contributed by atoms with Crippen molar-refractivity contribution in [2.75, 3.05) is 0 Å². The van der Waals surface area contributed by atoms with Gasteiger partial charge in [0.15, 0.2) is 5.03 Å². The zero-order chi connectivity index (χ0) is 15.0. The molecule has 1 rings (SSSR count). The van der Waals surface area contributed by atoms with Crippen molar-refractivity contribution in [3.63, 3.8) is 0 Å². The molecule has 0 saturated carbocycles. The number of hydrogen-bond donors (Lipinski definition) is 1. The summed E-state index contributed by atoms with van der Waals surface area (Å²) in [5.41, 5.74) is 1.56. The van der Waals surface area contributed by atoms with Crippen LogP contribution < -0.4 is 5.73 Å². The Kier molecular flexibility index (Phi) is 4.37. The standard InChI is InChI=1S/C8H6ClF5N2O2S/c9-19(17,18)7-4(8(12,13)14)1-3(2-15)5(16-7)6(10)11/h1,6H,2,15H2. The lowest BCUT2D eigenvalue weighted by Crippen LogP contribution is -2.17. The first kappa shape index (κ1) is 16.1. The number of alkyl halides is 5. The normalized spacial score (nSPS) is 13.1. The fourth-order valence-electron chi connectivity index (χ4n) is 1.29. The van der Waals surface area contributed by atoms with Gasteiger partial charge in [0.25, 0.3) is 15.5 Å². The smallest absolute Gasteiger partial charge is 0.326 e. The van der Waals surface area contributed by atoms with Crippen LogP contribution in [0.5, 0.6) is 0 Å². The van der Waals surface area contributed by atoms with Crippen LogP contribution in [0.4, 0.5) is 22.0 Å². The molecule has 108 valence electrons. The molecule has 1 aromatic rings. The van der Waals surface area contributed by atoms with Gasteiger partial charge in [-0.05, 0) is 11.6 Å². The molecule has 1 heterocycles. The number of pyridine rings is 1. The monoisotopic (exact) mass is 324 g/mol. The molecular formula is C8H6ClF5N2O2S. The molecule has 0 aromatic carbocycles. The summed E-state index contributed by atoms with van der Waals surface area (Å²) in [5, 5.41) is -1.66. The highest BCUT2D eigenvalue weighted by Gasteiger charge is 2.39. The van der Waals surface area contributed by atoms with Crippen LogP contribution in [0.3, 0.4) is 0 Å². The van der Waals surface area contributed by atoms with Crippen molar-refractivity contribution in [1.82, 2.24) is 4.98 Å². The molecule has 0 unspecified atom stereocenters. The lowest BCUT2D eigenvalue weighted by molar-refractivity contribution is -0.140. The quantitative estimate of drug-likeness (QED) is 0.684. The average molecular weight is 325 g/mol. The molecule has 0 amide bonds. The molecule has 11 heteroatoms. The van der Waals surface area contributed by atoms with E-state index in [1.165, 1.54) is 0 Å². The van der Waals surface area contributed by atoms with Crippen molar-refractivity contribution in [2.45, 2.75) is 24.2 Å². The average Bonchev–Trinajstić information content (AvgIpc) is 2.24. The summed E-state index contributed by atoms with van der Waals surface area (Å²) in [4.78, 5) is 2.81. The minimum Gasteiger partial charge on any atom is -0.326 e. The van der Waals surface area contributed by atoms with Crippen LogP contribution in [0.25, 0.3) is 0 Å². The molecule has 19 heavy (non-hydrogen) atoms. The van der Waals surface area contributed by atoms with E-state index in [1.807, 2.05) is 0 Å². The molecule has 0 bridgehead atoms. The minimum atomic E-state index is -5.12. The number of rotatable bonds is 3. The van der Waals surface area contributed by atoms with E-state index in [0.717, 1.165) is 0 Å². The van der Waals surface area contributed by atoms with Gasteiger partial charge in [-0.25, -0.2) is 22.2 Å². The van der Waals surface area contributed by atoms with Gasteiger partial charge in [0.1, 0.15) is 5.69 Å². The highest BCUT2D eigenvalue weighted by Crippen LogP contribution is 2.37. The third-order valence-corrected chi connectivity index (χ3v) is 3.27. The fourth-order valence-corrected chi connectivity index (χ4v) is 2.29. The number of hydrogen-bond acceptors (Lipinski definition) is 4. The summed E-state index contributed by atoms with van der Waals surface area (Å²) in [7, 11) is -0.155. The minimum absolute atomic E-state index is 0.212. The topological polar surface area (TPSA) is 73.1 Å². The molecule has 0 aliphatic heterocycles. The molecule has 0 atom stereocenters. The molecule has 2 N–H and O–H groups in total. The Morgan fingerprint density at radius 3 is 2.21 bits per heavy atom. The Balaban J connectivity index is 3.73. The summed E-state index contributed by atoms with van der Waals surface area (Å²) in [6, 6.07) is 0.212. The third kappa shape index (κ3) is 3.51. The van der Waals surface area contributed by atoms with E-state index in [9.17, 15) is 30.4 Å². The van der Waals surface area contributed by atoms with Gasteiger partial charge in [0.05, 0.1) is 5.56 Å². The number of halogens is 6. The molecule has 0 saturated heterocycles. The molecule has 0 spiro atoms. The van der Waals surface area contributed by atoms with Crippen molar-refractivity contribution in [3.8, 4) is 0 Å². The van der Waals surface area contributed by atoms with Crippen molar-refractivity contribution >= 4 is 19.7 Å². The summed E-state index contributed by atoms with van der Waals surface area (Å²) >= 11 is 0. The first-order valence-electron chi connectivity index (χ1n) is 4.52. The van der Waals surface area contributed by atoms with Gasteiger partial charge < -0.3 is 5.73 Å². The summed E-state index contributed by atoms with van der Waals surface area (Å²) in [5.74, 6) is 0. The Labute approximate surface area is 108 Å². The van der Waals surface area contributed by atoms with Crippen LogP contribution >= 0.6 is 10.7 Å². The maximum absolute atomic E-state index is 12.6. The Bertz CT molecular complexity index is 588. The molecule has 0 radical (unpaired) electrons. The zero-order valence-corrected chi connectivity index (χ0v) is 10.5. The number of nitrogens with two attached hydrogens (primary N) is 1. The van der Waals surface area contributed by atoms with Gasteiger partial charge in [-0.3, -0.25) is 0 Å². The van der Waals surface area contributed by atoms with Gasteiger partial charge in [-0.15, -0.1) is 0 Å². The van der Waals surface area contributed by atoms with Crippen LogP contribution in [0, 0.1) is 0 Å². The summed E-state index contributed by atoms with van der Waals surface area (Å²) in [6.45, 7) is -0.654. The van der Waals surface area contributed by atoms with Crippen LogP contribution in [-0.2, 0) is 21.8 Å². The maximum atomic E-state index is 12.6. The summed E-state index contributed by atoms with van der Waals surface area (Å²) < 4.78 is 85.1. The van der Waals surface area contributed by atoms with E-state index in [2.05, 4.69) is 4.98 Å². The van der Waals surface area contributed by atoms with Gasteiger partial charge in [-0.1, -0.05) is 0 Å². The van der Waals surface area contributed by atoms with E-state index in [1.54, 1.807) is 0 Å². The Hall–Kier alpha value is -1.00. The maximum Gasteiger partial charge on any atom is 0.419 e. The first-order valence-corrected chi connectivity index (χ1v) is 6.83. The fraction of sp³-hybridized carbons (Fsp3) is 0.375. The second-order valence-corrected chi connectivity index (χ2v) is 5.81. The van der Waals surface area contributed by atoms with Crippen molar-refractivity contribution in [1.29, 1.82) is 0 Å². The van der Waals surface area contributed by atoms with Crippen LogP contribution in [0.15, 0.2) is 11.1 Å². The van der Waals surface area contributed by atoms with Gasteiger partial charge in [-0.2, -0.15) is 13.2 Å². The second kappa shape index (κ2) is 5.17. The van der Waals surface area contributed by atoms with E-state index < -0.39 is 50.0 Å². The second-order valence-electron chi connectivity index (χ2n) is 3.33. The predicted octanol–water partition coefficient (Wildman–Crippen LogP) is 2.42. The number of nitrogens with zero attached hydrogens (tertiary/aromatic N) is 1. The van der Waals surface area contributed by atoms with Gasteiger partial charge in [0, 0.05) is 17.2 Å². The van der Waals surface area contributed by atoms with Crippen molar-refractivity contribution < 1.29 is 30.4 Å². The van der Waals surface area contributed by atoms with Crippen LogP contribution in [0.2, 0.25) is 0 Å².